The third kappa shape index (κ3) is 3.34. The molecule has 94 valence electrons. The molecule has 0 radical (unpaired) electrons. The van der Waals surface area contributed by atoms with Crippen LogP contribution in [0.5, 0.6) is 0 Å². The summed E-state index contributed by atoms with van der Waals surface area (Å²) in [6.07, 6.45) is 0. The van der Waals surface area contributed by atoms with Crippen molar-refractivity contribution in [2.45, 2.75) is 13.5 Å². The fourth-order valence-corrected chi connectivity index (χ4v) is 2.28. The Kier molecular flexibility index (Phi) is 4.36. The van der Waals surface area contributed by atoms with E-state index in [4.69, 9.17) is 0 Å². The number of hydrogen-bond acceptors (Lipinski definition) is 3. The zero-order valence-electron chi connectivity index (χ0n) is 10.3. The largest absolute Gasteiger partial charge is 0.380 e. The van der Waals surface area contributed by atoms with Crippen LogP contribution in [0.2, 0.25) is 0 Å². The van der Waals surface area contributed by atoms with Gasteiger partial charge in [0.15, 0.2) is 0 Å². The molecule has 0 unspecified atom stereocenters. The van der Waals surface area contributed by atoms with Crippen LogP contribution in [0, 0.1) is 0 Å². The molecule has 2 N–H and O–H groups in total. The van der Waals surface area contributed by atoms with Gasteiger partial charge in [0.05, 0.1) is 0 Å². The molecule has 0 fully saturated rings. The second-order valence-corrected chi connectivity index (χ2v) is 4.91. The highest BCUT2D eigenvalue weighted by atomic mass is 32.1. The molecule has 0 aliphatic carbocycles. The van der Waals surface area contributed by atoms with Gasteiger partial charge in [0.25, 0.3) is 5.91 Å². The maximum absolute atomic E-state index is 11.7. The molecule has 1 aromatic carbocycles. The molecule has 3 nitrogen and oxygen atoms in total. The number of nitrogens with one attached hydrogen (secondary N) is 2. The Morgan fingerprint density at radius 1 is 1.28 bits per heavy atom. The maximum Gasteiger partial charge on any atom is 0.251 e. The number of hydrogen-bond donors (Lipinski definition) is 2. The predicted molar refractivity (Wildman–Crippen MR) is 76.1 cm³/mol. The Hall–Kier alpha value is -1.81. The van der Waals surface area contributed by atoms with E-state index in [2.05, 4.69) is 22.1 Å². The SMILES string of the molecule is CCNC(=O)c1cccc(NCc2cccs2)c1. The number of carbonyl (C=O) groups is 1. The van der Waals surface area contributed by atoms with Crippen molar-refractivity contribution in [3.63, 3.8) is 0 Å². The summed E-state index contributed by atoms with van der Waals surface area (Å²) in [5, 5.41) is 8.17. The van der Waals surface area contributed by atoms with Crippen LogP contribution in [0.15, 0.2) is 41.8 Å². The molecular weight excluding hydrogens is 244 g/mol. The summed E-state index contributed by atoms with van der Waals surface area (Å²) in [6, 6.07) is 11.7. The van der Waals surface area contributed by atoms with Crippen molar-refractivity contribution in [3.05, 3.63) is 52.2 Å². The molecule has 1 amide bonds. The van der Waals surface area contributed by atoms with E-state index in [0.29, 0.717) is 12.1 Å². The van der Waals surface area contributed by atoms with Gasteiger partial charge in [-0.1, -0.05) is 12.1 Å². The van der Waals surface area contributed by atoms with E-state index >= 15 is 0 Å². The van der Waals surface area contributed by atoms with Gasteiger partial charge in [-0.05, 0) is 36.6 Å². The molecule has 0 aliphatic rings. The Bertz CT molecular complexity index is 508. The molecule has 0 saturated carbocycles. The number of benzene rings is 1. The van der Waals surface area contributed by atoms with Gasteiger partial charge >= 0.3 is 0 Å². The predicted octanol–water partition coefficient (Wildman–Crippen LogP) is 3.11. The summed E-state index contributed by atoms with van der Waals surface area (Å²) in [6.45, 7) is 3.35. The smallest absolute Gasteiger partial charge is 0.251 e. The zero-order valence-corrected chi connectivity index (χ0v) is 11.1. The van der Waals surface area contributed by atoms with Gasteiger partial charge in [0.1, 0.15) is 0 Å². The second kappa shape index (κ2) is 6.21. The van der Waals surface area contributed by atoms with Crippen molar-refractivity contribution in [2.24, 2.45) is 0 Å². The van der Waals surface area contributed by atoms with Crippen LogP contribution in [0.4, 0.5) is 5.69 Å². The number of rotatable bonds is 5. The van der Waals surface area contributed by atoms with Crippen molar-refractivity contribution in [1.29, 1.82) is 0 Å². The number of carbonyl (C=O) groups excluding carboxylic acids is 1. The quantitative estimate of drug-likeness (QED) is 0.867. The lowest BCUT2D eigenvalue weighted by molar-refractivity contribution is 0.0956. The molecule has 0 bridgehead atoms. The van der Waals surface area contributed by atoms with Gasteiger partial charge in [-0.25, -0.2) is 0 Å². The van der Waals surface area contributed by atoms with Crippen LogP contribution in [0.3, 0.4) is 0 Å². The molecule has 0 atom stereocenters. The number of thiophene rings is 1. The van der Waals surface area contributed by atoms with Gasteiger partial charge in [-0.15, -0.1) is 11.3 Å². The van der Waals surface area contributed by atoms with Gasteiger partial charge in [-0.3, -0.25) is 4.79 Å². The minimum atomic E-state index is -0.0303. The molecule has 1 aromatic heterocycles. The van der Waals surface area contributed by atoms with Crippen molar-refractivity contribution in [3.8, 4) is 0 Å². The number of anilines is 1. The van der Waals surface area contributed by atoms with Gasteiger partial charge < -0.3 is 10.6 Å². The lowest BCUT2D eigenvalue weighted by Crippen LogP contribution is -2.22. The first-order chi connectivity index (χ1) is 8.79. The Morgan fingerprint density at radius 3 is 2.89 bits per heavy atom. The van der Waals surface area contributed by atoms with E-state index in [9.17, 15) is 4.79 Å². The van der Waals surface area contributed by atoms with Crippen molar-refractivity contribution in [1.82, 2.24) is 5.32 Å². The monoisotopic (exact) mass is 260 g/mol. The van der Waals surface area contributed by atoms with Gasteiger partial charge in [0.2, 0.25) is 0 Å². The Balaban J connectivity index is 2.01. The third-order valence-electron chi connectivity index (χ3n) is 2.51. The summed E-state index contributed by atoms with van der Waals surface area (Å²) in [5.41, 5.74) is 1.65. The van der Waals surface area contributed by atoms with Gasteiger partial charge in [0, 0.05) is 29.2 Å². The van der Waals surface area contributed by atoms with Crippen molar-refractivity contribution < 1.29 is 4.79 Å². The highest BCUT2D eigenvalue weighted by Crippen LogP contribution is 2.14. The van der Waals surface area contributed by atoms with Crippen LogP contribution in [0.1, 0.15) is 22.2 Å². The zero-order chi connectivity index (χ0) is 12.8. The molecular formula is C14H16N2OS. The molecule has 4 heteroatoms. The summed E-state index contributed by atoms with van der Waals surface area (Å²) >= 11 is 1.72. The van der Waals surface area contributed by atoms with E-state index in [-0.39, 0.29) is 5.91 Å². The minimum absolute atomic E-state index is 0.0303. The summed E-state index contributed by atoms with van der Waals surface area (Å²) in [7, 11) is 0. The Labute approximate surface area is 111 Å². The van der Waals surface area contributed by atoms with Gasteiger partial charge in [-0.2, -0.15) is 0 Å². The maximum atomic E-state index is 11.7. The molecule has 18 heavy (non-hydrogen) atoms. The first kappa shape index (κ1) is 12.6. The van der Waals surface area contributed by atoms with E-state index in [1.165, 1.54) is 4.88 Å². The fraction of sp³-hybridized carbons (Fsp3) is 0.214. The van der Waals surface area contributed by atoms with Crippen LogP contribution in [-0.2, 0) is 6.54 Å². The minimum Gasteiger partial charge on any atom is -0.380 e. The standard InChI is InChI=1S/C14H16N2OS/c1-2-15-14(17)11-5-3-6-12(9-11)16-10-13-7-4-8-18-13/h3-9,16H,2,10H2,1H3,(H,15,17). The van der Waals surface area contributed by atoms with E-state index in [1.54, 1.807) is 11.3 Å². The Morgan fingerprint density at radius 2 is 2.17 bits per heavy atom. The first-order valence-electron chi connectivity index (χ1n) is 5.94. The van der Waals surface area contributed by atoms with Crippen LogP contribution >= 0.6 is 11.3 Å². The van der Waals surface area contributed by atoms with Crippen molar-refractivity contribution in [2.75, 3.05) is 11.9 Å². The topological polar surface area (TPSA) is 41.1 Å². The highest BCUT2D eigenvalue weighted by molar-refractivity contribution is 7.09. The van der Waals surface area contributed by atoms with E-state index < -0.39 is 0 Å². The van der Waals surface area contributed by atoms with Crippen LogP contribution < -0.4 is 10.6 Å². The molecule has 2 rings (SSSR count). The highest BCUT2D eigenvalue weighted by Gasteiger charge is 2.04. The number of amides is 1. The van der Waals surface area contributed by atoms with E-state index in [0.717, 1.165) is 12.2 Å². The molecule has 0 aliphatic heterocycles. The normalized spacial score (nSPS) is 10.1. The van der Waals surface area contributed by atoms with Crippen LogP contribution in [0.25, 0.3) is 0 Å². The average molecular weight is 260 g/mol. The van der Waals surface area contributed by atoms with E-state index in [1.807, 2.05) is 37.3 Å². The third-order valence-corrected chi connectivity index (χ3v) is 3.39. The van der Waals surface area contributed by atoms with Crippen LogP contribution in [-0.4, -0.2) is 12.5 Å². The lowest BCUT2D eigenvalue weighted by Gasteiger charge is -2.07. The second-order valence-electron chi connectivity index (χ2n) is 3.87. The first-order valence-corrected chi connectivity index (χ1v) is 6.82. The summed E-state index contributed by atoms with van der Waals surface area (Å²) < 4.78 is 0. The molecule has 1 heterocycles. The average Bonchev–Trinajstić information content (AvgIpc) is 2.90. The molecule has 0 saturated heterocycles. The molecule has 0 spiro atoms. The molecule has 2 aromatic rings. The summed E-state index contributed by atoms with van der Waals surface area (Å²) in [5.74, 6) is -0.0303. The summed E-state index contributed by atoms with van der Waals surface area (Å²) in [4.78, 5) is 13.0. The lowest BCUT2D eigenvalue weighted by atomic mass is 10.2. The fourth-order valence-electron chi connectivity index (χ4n) is 1.64. The van der Waals surface area contributed by atoms with Crippen molar-refractivity contribution >= 4 is 22.9 Å².